The zero-order chi connectivity index (χ0) is 10.7. The summed E-state index contributed by atoms with van der Waals surface area (Å²) in [6.45, 7) is 1.14. The molecule has 0 radical (unpaired) electrons. The minimum atomic E-state index is 0.250. The highest BCUT2D eigenvalue weighted by Crippen LogP contribution is 2.27. The summed E-state index contributed by atoms with van der Waals surface area (Å²) in [4.78, 5) is 6.42. The van der Waals surface area contributed by atoms with Gasteiger partial charge in [0.1, 0.15) is 0 Å². The van der Waals surface area contributed by atoms with Crippen molar-refractivity contribution in [3.05, 3.63) is 30.1 Å². The van der Waals surface area contributed by atoms with E-state index >= 15 is 0 Å². The largest absolute Gasteiger partial charge is 0.326 e. The number of likely N-dealkylation sites (N-methyl/N-ethyl adjacent to an activating group) is 1. The van der Waals surface area contributed by atoms with Crippen LogP contribution in [-0.4, -0.2) is 29.5 Å². The second-order valence-corrected chi connectivity index (χ2v) is 4.37. The fraction of sp³-hybridized carbons (Fsp3) is 0.583. The van der Waals surface area contributed by atoms with Crippen LogP contribution in [0.1, 0.15) is 30.9 Å². The van der Waals surface area contributed by atoms with E-state index in [1.807, 2.05) is 12.4 Å². The van der Waals surface area contributed by atoms with Gasteiger partial charge in [0, 0.05) is 24.5 Å². The maximum absolute atomic E-state index is 6.24. The minimum Gasteiger partial charge on any atom is -0.326 e. The van der Waals surface area contributed by atoms with Gasteiger partial charge in [-0.3, -0.25) is 9.88 Å². The summed E-state index contributed by atoms with van der Waals surface area (Å²) in [7, 11) is 2.16. The van der Waals surface area contributed by atoms with E-state index in [4.69, 9.17) is 5.73 Å². The van der Waals surface area contributed by atoms with Gasteiger partial charge in [-0.2, -0.15) is 0 Å². The van der Waals surface area contributed by atoms with Gasteiger partial charge in [0.15, 0.2) is 0 Å². The van der Waals surface area contributed by atoms with Crippen LogP contribution in [0.2, 0.25) is 0 Å². The van der Waals surface area contributed by atoms with Crippen LogP contribution in [0.4, 0.5) is 0 Å². The Hall–Kier alpha value is -0.930. The number of aromatic nitrogens is 1. The number of pyridine rings is 1. The van der Waals surface area contributed by atoms with Crippen molar-refractivity contribution in [1.82, 2.24) is 9.88 Å². The molecule has 1 fully saturated rings. The predicted octanol–water partition coefficient (Wildman–Crippen LogP) is 1.57. The molecule has 1 aliphatic rings. The number of hydrogen-bond donors (Lipinski definition) is 1. The Morgan fingerprint density at radius 1 is 1.33 bits per heavy atom. The Bertz CT molecular complexity index is 287. The summed E-state index contributed by atoms with van der Waals surface area (Å²) >= 11 is 0. The first-order chi connectivity index (χ1) is 7.29. The lowest BCUT2D eigenvalue weighted by Gasteiger charge is -2.30. The molecule has 0 spiro atoms. The van der Waals surface area contributed by atoms with Crippen molar-refractivity contribution >= 4 is 0 Å². The molecule has 2 heterocycles. The van der Waals surface area contributed by atoms with E-state index in [1.165, 1.54) is 18.4 Å². The lowest BCUT2D eigenvalue weighted by molar-refractivity contribution is 0.230. The highest BCUT2D eigenvalue weighted by atomic mass is 15.1. The third-order valence-electron chi connectivity index (χ3n) is 3.23. The van der Waals surface area contributed by atoms with Gasteiger partial charge in [-0.15, -0.1) is 0 Å². The first-order valence-electron chi connectivity index (χ1n) is 5.65. The summed E-state index contributed by atoms with van der Waals surface area (Å²) in [6.07, 6.45) is 7.32. The van der Waals surface area contributed by atoms with Crippen molar-refractivity contribution < 1.29 is 0 Å². The molecule has 2 N–H and O–H groups in total. The quantitative estimate of drug-likeness (QED) is 0.756. The molecule has 2 rings (SSSR count). The van der Waals surface area contributed by atoms with Crippen LogP contribution in [0.5, 0.6) is 0 Å². The number of nitrogens with zero attached hydrogens (tertiary/aromatic N) is 2. The summed E-state index contributed by atoms with van der Waals surface area (Å²) < 4.78 is 0. The number of rotatable bonds is 1. The van der Waals surface area contributed by atoms with Crippen molar-refractivity contribution in [3.8, 4) is 0 Å². The highest BCUT2D eigenvalue weighted by Gasteiger charge is 2.25. The zero-order valence-corrected chi connectivity index (χ0v) is 9.26. The lowest BCUT2D eigenvalue weighted by atomic mass is 9.98. The summed E-state index contributed by atoms with van der Waals surface area (Å²) in [5.41, 5.74) is 7.53. The molecular formula is C12H19N3. The third kappa shape index (κ3) is 2.36. The summed E-state index contributed by atoms with van der Waals surface area (Å²) in [5, 5.41) is 0. The minimum absolute atomic E-state index is 0.250. The Morgan fingerprint density at radius 3 is 2.80 bits per heavy atom. The molecule has 0 aromatic carbocycles. The van der Waals surface area contributed by atoms with Crippen LogP contribution in [0.15, 0.2) is 24.5 Å². The number of likely N-dealkylation sites (tertiary alicyclic amines) is 1. The Labute approximate surface area is 91.3 Å². The van der Waals surface area contributed by atoms with E-state index in [2.05, 4.69) is 29.1 Å². The van der Waals surface area contributed by atoms with Gasteiger partial charge in [0.25, 0.3) is 0 Å². The fourth-order valence-corrected chi connectivity index (χ4v) is 2.43. The smallest absolute Gasteiger partial charge is 0.0497 e. The van der Waals surface area contributed by atoms with Crippen molar-refractivity contribution in [2.75, 3.05) is 13.6 Å². The normalized spacial score (nSPS) is 28.7. The lowest BCUT2D eigenvalue weighted by Crippen LogP contribution is -2.37. The molecule has 0 amide bonds. The molecule has 2 unspecified atom stereocenters. The van der Waals surface area contributed by atoms with Gasteiger partial charge >= 0.3 is 0 Å². The molecule has 2 atom stereocenters. The Balaban J connectivity index is 2.23. The van der Waals surface area contributed by atoms with Crippen molar-refractivity contribution in [1.29, 1.82) is 0 Å². The first kappa shape index (κ1) is 10.6. The van der Waals surface area contributed by atoms with Gasteiger partial charge in [0.2, 0.25) is 0 Å². The molecule has 0 saturated carbocycles. The van der Waals surface area contributed by atoms with Crippen LogP contribution in [0.3, 0.4) is 0 Å². The molecular weight excluding hydrogens is 186 g/mol. The van der Waals surface area contributed by atoms with E-state index in [0.717, 1.165) is 13.0 Å². The molecule has 15 heavy (non-hydrogen) atoms. The molecule has 0 bridgehead atoms. The molecule has 3 nitrogen and oxygen atoms in total. The number of hydrogen-bond acceptors (Lipinski definition) is 3. The standard InChI is InChI=1S/C12H19N3/c1-15-9-3-2-4-11(13)12(15)10-5-7-14-8-6-10/h5-8,11-12H,2-4,9,13H2,1H3. The predicted molar refractivity (Wildman–Crippen MR) is 61.4 cm³/mol. The SMILES string of the molecule is CN1CCCCC(N)C1c1ccncc1. The molecule has 1 saturated heterocycles. The molecule has 3 heteroatoms. The van der Waals surface area contributed by atoms with Crippen LogP contribution in [0.25, 0.3) is 0 Å². The van der Waals surface area contributed by atoms with Gasteiger partial charge in [-0.1, -0.05) is 6.42 Å². The van der Waals surface area contributed by atoms with Gasteiger partial charge in [0.05, 0.1) is 0 Å². The third-order valence-corrected chi connectivity index (χ3v) is 3.23. The van der Waals surface area contributed by atoms with E-state index in [9.17, 15) is 0 Å². The fourth-order valence-electron chi connectivity index (χ4n) is 2.43. The van der Waals surface area contributed by atoms with E-state index in [1.54, 1.807) is 0 Å². The molecule has 1 aromatic rings. The van der Waals surface area contributed by atoms with Gasteiger partial charge < -0.3 is 5.73 Å². The average Bonchev–Trinajstić information content (AvgIpc) is 2.41. The maximum Gasteiger partial charge on any atom is 0.0497 e. The molecule has 1 aromatic heterocycles. The molecule has 82 valence electrons. The second kappa shape index (κ2) is 4.73. The topological polar surface area (TPSA) is 42.1 Å². The first-order valence-corrected chi connectivity index (χ1v) is 5.65. The van der Waals surface area contributed by atoms with Gasteiger partial charge in [-0.05, 0) is 44.1 Å². The van der Waals surface area contributed by atoms with E-state index < -0.39 is 0 Å². The Morgan fingerprint density at radius 2 is 2.07 bits per heavy atom. The van der Waals surface area contributed by atoms with Gasteiger partial charge in [-0.25, -0.2) is 0 Å². The monoisotopic (exact) mass is 205 g/mol. The van der Waals surface area contributed by atoms with Crippen molar-refractivity contribution in [3.63, 3.8) is 0 Å². The van der Waals surface area contributed by atoms with Crippen LogP contribution >= 0.6 is 0 Å². The van der Waals surface area contributed by atoms with Crippen LogP contribution in [-0.2, 0) is 0 Å². The second-order valence-electron chi connectivity index (χ2n) is 4.37. The zero-order valence-electron chi connectivity index (χ0n) is 9.26. The molecule has 1 aliphatic heterocycles. The summed E-state index contributed by atoms with van der Waals surface area (Å²) in [6, 6.07) is 4.76. The highest BCUT2D eigenvalue weighted by molar-refractivity contribution is 5.17. The van der Waals surface area contributed by atoms with Crippen molar-refractivity contribution in [2.24, 2.45) is 5.73 Å². The van der Waals surface area contributed by atoms with E-state index in [-0.39, 0.29) is 6.04 Å². The Kier molecular flexibility index (Phi) is 3.34. The van der Waals surface area contributed by atoms with Crippen LogP contribution in [0, 0.1) is 0 Å². The maximum atomic E-state index is 6.24. The van der Waals surface area contributed by atoms with Crippen molar-refractivity contribution in [2.45, 2.75) is 31.3 Å². The van der Waals surface area contributed by atoms with E-state index in [0.29, 0.717) is 6.04 Å². The summed E-state index contributed by atoms with van der Waals surface area (Å²) in [5.74, 6) is 0. The van der Waals surface area contributed by atoms with Crippen LogP contribution < -0.4 is 5.73 Å². The average molecular weight is 205 g/mol. The number of nitrogens with two attached hydrogens (primary N) is 1. The molecule has 0 aliphatic carbocycles.